The molecule has 0 radical (unpaired) electrons. The van der Waals surface area contributed by atoms with Crippen molar-refractivity contribution in [2.75, 3.05) is 26.2 Å². The van der Waals surface area contributed by atoms with Crippen LogP contribution >= 0.6 is 0 Å². The Morgan fingerprint density at radius 1 is 1.08 bits per heavy atom. The molecular formula is C21H38N2O2. The van der Waals surface area contributed by atoms with Crippen molar-refractivity contribution in [1.82, 2.24) is 9.80 Å². The van der Waals surface area contributed by atoms with E-state index in [0.717, 1.165) is 56.8 Å². The fourth-order valence-electron chi connectivity index (χ4n) is 4.19. The molecule has 0 aromatic rings. The third-order valence-electron chi connectivity index (χ3n) is 6.14. The molecule has 0 aromatic heterocycles. The van der Waals surface area contributed by atoms with Crippen LogP contribution in [-0.2, 0) is 9.59 Å². The van der Waals surface area contributed by atoms with Crippen molar-refractivity contribution in [2.45, 2.75) is 78.7 Å². The van der Waals surface area contributed by atoms with Crippen LogP contribution in [0.4, 0.5) is 0 Å². The predicted molar refractivity (Wildman–Crippen MR) is 102 cm³/mol. The molecule has 3 aliphatic rings. The van der Waals surface area contributed by atoms with Crippen LogP contribution < -0.4 is 0 Å². The quantitative estimate of drug-likeness (QED) is 0.709. The van der Waals surface area contributed by atoms with Crippen molar-refractivity contribution < 1.29 is 9.59 Å². The summed E-state index contributed by atoms with van der Waals surface area (Å²) in [6.45, 7) is 12.2. The maximum Gasteiger partial charge on any atom is 0.222 e. The van der Waals surface area contributed by atoms with E-state index in [1.807, 2.05) is 13.8 Å². The third kappa shape index (κ3) is 5.80. The zero-order chi connectivity index (χ0) is 18.4. The summed E-state index contributed by atoms with van der Waals surface area (Å²) in [7, 11) is 0. The van der Waals surface area contributed by atoms with Gasteiger partial charge in [0.05, 0.1) is 0 Å². The third-order valence-corrected chi connectivity index (χ3v) is 6.14. The summed E-state index contributed by atoms with van der Waals surface area (Å²) in [5.74, 6) is 1.21. The molecular weight excluding hydrogens is 312 g/mol. The van der Waals surface area contributed by atoms with Gasteiger partial charge >= 0.3 is 0 Å². The van der Waals surface area contributed by atoms with Crippen LogP contribution in [-0.4, -0.2) is 54.2 Å². The lowest BCUT2D eigenvalue weighted by Crippen LogP contribution is -2.59. The highest BCUT2D eigenvalue weighted by Crippen LogP contribution is 2.57. The number of carbonyl (C=O) groups is 2. The van der Waals surface area contributed by atoms with Gasteiger partial charge in [-0.25, -0.2) is 0 Å². The van der Waals surface area contributed by atoms with E-state index in [0.29, 0.717) is 11.8 Å². The van der Waals surface area contributed by atoms with Crippen molar-refractivity contribution in [1.29, 1.82) is 0 Å². The van der Waals surface area contributed by atoms with E-state index in [9.17, 15) is 9.59 Å². The highest BCUT2D eigenvalue weighted by atomic mass is 16.2. The number of rotatable bonds is 5. The van der Waals surface area contributed by atoms with E-state index in [1.54, 1.807) is 0 Å². The van der Waals surface area contributed by atoms with Gasteiger partial charge in [0, 0.05) is 44.6 Å². The second kappa shape index (κ2) is 9.16. The lowest BCUT2D eigenvalue weighted by atomic mass is 9.54. The number of nitrogens with zero attached hydrogens (tertiary/aromatic N) is 2. The Morgan fingerprint density at radius 2 is 1.64 bits per heavy atom. The molecule has 0 aromatic carbocycles. The van der Waals surface area contributed by atoms with Gasteiger partial charge in [-0.05, 0) is 43.4 Å². The zero-order valence-electron chi connectivity index (χ0n) is 16.8. The summed E-state index contributed by atoms with van der Waals surface area (Å²) >= 11 is 0. The van der Waals surface area contributed by atoms with E-state index < -0.39 is 0 Å². The van der Waals surface area contributed by atoms with Crippen molar-refractivity contribution >= 4 is 12.2 Å². The maximum absolute atomic E-state index is 12.1. The normalized spacial score (nSPS) is 23.0. The topological polar surface area (TPSA) is 40.6 Å². The first-order valence-electron chi connectivity index (χ1n) is 10.3. The van der Waals surface area contributed by atoms with Gasteiger partial charge in [0.15, 0.2) is 0 Å². The molecule has 0 atom stereocenters. The first kappa shape index (κ1) is 20.4. The highest BCUT2D eigenvalue weighted by molar-refractivity contribution is 5.76. The Labute approximate surface area is 154 Å². The second-order valence-electron chi connectivity index (χ2n) is 9.15. The number of hydrogen-bond acceptors (Lipinski definition) is 3. The molecule has 1 aliphatic heterocycles. The first-order chi connectivity index (χ1) is 11.8. The molecule has 0 bridgehead atoms. The SMILES string of the molecule is CC(C)C=O.CC(C)CCC(=O)N1CCN(C2CC3(CCC3)C2)CC1. The van der Waals surface area contributed by atoms with Gasteiger partial charge in [0.1, 0.15) is 6.29 Å². The molecule has 1 amide bonds. The molecule has 0 N–H and O–H groups in total. The molecule has 3 rings (SSSR count). The maximum atomic E-state index is 12.1. The van der Waals surface area contributed by atoms with Crippen molar-refractivity contribution in [3.05, 3.63) is 0 Å². The van der Waals surface area contributed by atoms with E-state index in [2.05, 4.69) is 23.6 Å². The fourth-order valence-corrected chi connectivity index (χ4v) is 4.19. The van der Waals surface area contributed by atoms with Crippen LogP contribution in [0.3, 0.4) is 0 Å². The minimum absolute atomic E-state index is 0.204. The summed E-state index contributed by atoms with van der Waals surface area (Å²) in [4.78, 5) is 26.4. The lowest BCUT2D eigenvalue weighted by molar-refractivity contribution is -0.135. The van der Waals surface area contributed by atoms with Crippen LogP contribution in [0.1, 0.15) is 72.6 Å². The molecule has 1 saturated heterocycles. The van der Waals surface area contributed by atoms with Crippen LogP contribution in [0.25, 0.3) is 0 Å². The number of piperazine rings is 1. The van der Waals surface area contributed by atoms with Crippen LogP contribution in [0.5, 0.6) is 0 Å². The smallest absolute Gasteiger partial charge is 0.222 e. The second-order valence-corrected chi connectivity index (χ2v) is 9.15. The van der Waals surface area contributed by atoms with Crippen LogP contribution in [0.2, 0.25) is 0 Å². The number of amides is 1. The van der Waals surface area contributed by atoms with E-state index in [1.165, 1.54) is 32.1 Å². The lowest BCUT2D eigenvalue weighted by Gasteiger charge is -2.58. The summed E-state index contributed by atoms with van der Waals surface area (Å²) in [5, 5.41) is 0. The predicted octanol–water partition coefficient (Wildman–Crippen LogP) is 3.74. The molecule has 0 unspecified atom stereocenters. The van der Waals surface area contributed by atoms with Crippen molar-refractivity contribution in [3.8, 4) is 0 Å². The first-order valence-corrected chi connectivity index (χ1v) is 10.3. The summed E-state index contributed by atoms with van der Waals surface area (Å²) in [6, 6.07) is 0.836. The largest absolute Gasteiger partial charge is 0.340 e. The van der Waals surface area contributed by atoms with Crippen LogP contribution in [0, 0.1) is 17.3 Å². The molecule has 1 spiro atoms. The Hall–Kier alpha value is -0.900. The van der Waals surface area contributed by atoms with Crippen molar-refractivity contribution in [3.63, 3.8) is 0 Å². The Morgan fingerprint density at radius 3 is 2.04 bits per heavy atom. The molecule has 1 heterocycles. The van der Waals surface area contributed by atoms with Gasteiger partial charge in [0.2, 0.25) is 5.91 Å². The average Bonchev–Trinajstić information content (AvgIpc) is 2.51. The Kier molecular flexibility index (Phi) is 7.48. The molecule has 2 aliphatic carbocycles. The average molecular weight is 351 g/mol. The zero-order valence-corrected chi connectivity index (χ0v) is 16.8. The molecule has 4 heteroatoms. The molecule has 4 nitrogen and oxygen atoms in total. The number of hydrogen-bond donors (Lipinski definition) is 0. The molecule has 3 fully saturated rings. The highest BCUT2D eigenvalue weighted by Gasteiger charge is 2.50. The van der Waals surface area contributed by atoms with Crippen molar-refractivity contribution in [2.24, 2.45) is 17.3 Å². The van der Waals surface area contributed by atoms with Gasteiger partial charge in [-0.15, -0.1) is 0 Å². The van der Waals surface area contributed by atoms with E-state index in [-0.39, 0.29) is 5.92 Å². The van der Waals surface area contributed by atoms with Gasteiger partial charge in [-0.1, -0.05) is 34.1 Å². The van der Waals surface area contributed by atoms with Gasteiger partial charge in [-0.3, -0.25) is 9.69 Å². The number of carbonyl (C=O) groups excluding carboxylic acids is 2. The fraction of sp³-hybridized carbons (Fsp3) is 0.905. The summed E-state index contributed by atoms with van der Waals surface area (Å²) in [6.07, 6.45) is 10.00. The minimum Gasteiger partial charge on any atom is -0.340 e. The Bertz CT molecular complexity index is 427. The molecule has 144 valence electrons. The van der Waals surface area contributed by atoms with Gasteiger partial charge < -0.3 is 9.69 Å². The molecule has 25 heavy (non-hydrogen) atoms. The summed E-state index contributed by atoms with van der Waals surface area (Å²) in [5.41, 5.74) is 0.773. The van der Waals surface area contributed by atoms with Gasteiger partial charge in [0.25, 0.3) is 0 Å². The Balaban J connectivity index is 0.000000399. The van der Waals surface area contributed by atoms with Gasteiger partial charge in [-0.2, -0.15) is 0 Å². The van der Waals surface area contributed by atoms with Crippen LogP contribution in [0.15, 0.2) is 0 Å². The molecule has 2 saturated carbocycles. The van der Waals surface area contributed by atoms with E-state index in [4.69, 9.17) is 0 Å². The minimum atomic E-state index is 0.204. The monoisotopic (exact) mass is 350 g/mol. The number of aldehydes is 1. The summed E-state index contributed by atoms with van der Waals surface area (Å²) < 4.78 is 0. The van der Waals surface area contributed by atoms with E-state index >= 15 is 0 Å². The standard InChI is InChI=1S/C17H30N2O.C4H8O/c1-14(2)4-5-16(20)19-10-8-18(9-11-19)15-12-17(13-15)6-3-7-17;1-4(2)3-5/h14-15H,3-13H2,1-2H3;3-4H,1-2H3.